The largest absolute Gasteiger partial charge is 0.465 e. The number of nitrogens with zero attached hydrogens (tertiary/aromatic N) is 1. The maximum Gasteiger partial charge on any atom is 0.401 e. The first-order valence-electron chi connectivity index (χ1n) is 7.28. The van der Waals surface area contributed by atoms with Crippen LogP contribution in [0.2, 0.25) is 0 Å². The van der Waals surface area contributed by atoms with Crippen LogP contribution in [0.15, 0.2) is 0 Å². The van der Waals surface area contributed by atoms with Gasteiger partial charge in [-0.1, -0.05) is 6.92 Å². The molecule has 0 saturated carbocycles. The van der Waals surface area contributed by atoms with E-state index in [-0.39, 0.29) is 25.7 Å². The predicted molar refractivity (Wildman–Crippen MR) is 76.1 cm³/mol. The van der Waals surface area contributed by atoms with E-state index in [0.29, 0.717) is 6.42 Å². The molecule has 0 fully saturated rings. The summed E-state index contributed by atoms with van der Waals surface area (Å²) < 4.78 is 42.9. The molecule has 126 valence electrons. The zero-order valence-electron chi connectivity index (χ0n) is 13.5. The summed E-state index contributed by atoms with van der Waals surface area (Å²) in [7, 11) is 0. The van der Waals surface area contributed by atoms with Crippen LogP contribution in [0, 0.1) is 0 Å². The van der Waals surface area contributed by atoms with Gasteiger partial charge in [-0.25, -0.2) is 0 Å². The molecule has 0 aromatic heterocycles. The van der Waals surface area contributed by atoms with E-state index in [1.807, 2.05) is 13.8 Å². The molecule has 1 unspecified atom stereocenters. The van der Waals surface area contributed by atoms with E-state index < -0.39 is 24.2 Å². The third-order valence-electron chi connectivity index (χ3n) is 2.82. The number of halogens is 3. The van der Waals surface area contributed by atoms with Crippen molar-refractivity contribution < 1.29 is 22.7 Å². The highest BCUT2D eigenvalue weighted by Gasteiger charge is 2.40. The predicted octanol–water partition coefficient (Wildman–Crippen LogP) is 2.58. The molecule has 21 heavy (non-hydrogen) atoms. The molecule has 1 N–H and O–H groups in total. The number of carbonyl (C=O) groups is 1. The van der Waals surface area contributed by atoms with Crippen LogP contribution in [0.3, 0.4) is 0 Å². The van der Waals surface area contributed by atoms with Crippen molar-refractivity contribution >= 4 is 5.97 Å². The van der Waals surface area contributed by atoms with Gasteiger partial charge in [-0.3, -0.25) is 15.0 Å². The Balaban J connectivity index is 5.08. The zero-order chi connectivity index (χ0) is 16.7. The molecule has 7 heteroatoms. The van der Waals surface area contributed by atoms with E-state index in [4.69, 9.17) is 4.74 Å². The molecule has 0 aliphatic rings. The molecule has 0 rings (SSSR count). The highest BCUT2D eigenvalue weighted by molar-refractivity contribution is 5.80. The Hall–Kier alpha value is -0.820. The van der Waals surface area contributed by atoms with Gasteiger partial charge in [0.1, 0.15) is 5.54 Å². The molecule has 0 radical (unpaired) electrons. The van der Waals surface area contributed by atoms with Gasteiger partial charge in [-0.15, -0.1) is 0 Å². The van der Waals surface area contributed by atoms with Gasteiger partial charge in [0.15, 0.2) is 0 Å². The summed E-state index contributed by atoms with van der Waals surface area (Å²) >= 11 is 0. The Morgan fingerprint density at radius 2 is 1.81 bits per heavy atom. The minimum absolute atomic E-state index is 0.0443. The number of hydrogen-bond acceptors (Lipinski definition) is 4. The fraction of sp³-hybridized carbons (Fsp3) is 0.929. The van der Waals surface area contributed by atoms with Crippen molar-refractivity contribution in [2.24, 2.45) is 0 Å². The second-order valence-electron chi connectivity index (χ2n) is 5.68. The van der Waals surface area contributed by atoms with Crippen LogP contribution in [-0.4, -0.2) is 54.9 Å². The van der Waals surface area contributed by atoms with Crippen molar-refractivity contribution in [3.05, 3.63) is 0 Å². The van der Waals surface area contributed by atoms with Gasteiger partial charge in [-0.05, 0) is 40.7 Å². The average Bonchev–Trinajstić information content (AvgIpc) is 2.25. The summed E-state index contributed by atoms with van der Waals surface area (Å²) in [5.41, 5.74) is -1.16. The van der Waals surface area contributed by atoms with Gasteiger partial charge in [0.25, 0.3) is 0 Å². The molecular formula is C14H27F3N2O2. The standard InChI is InChI=1S/C14H27F3N2O2/c1-6-8-19(10-14(15,16)17)9-13(5,18-11(3)4)12(20)21-7-2/h11,18H,6-10H2,1-5H3. The summed E-state index contributed by atoms with van der Waals surface area (Å²) in [6, 6.07) is -0.0474. The Morgan fingerprint density at radius 1 is 1.24 bits per heavy atom. The molecule has 0 aliphatic heterocycles. The maximum atomic E-state index is 12.6. The minimum Gasteiger partial charge on any atom is -0.465 e. The van der Waals surface area contributed by atoms with Crippen LogP contribution in [0.5, 0.6) is 0 Å². The van der Waals surface area contributed by atoms with E-state index in [9.17, 15) is 18.0 Å². The fourth-order valence-corrected chi connectivity index (χ4v) is 2.33. The lowest BCUT2D eigenvalue weighted by atomic mass is 10.00. The van der Waals surface area contributed by atoms with Gasteiger partial charge >= 0.3 is 12.1 Å². The quantitative estimate of drug-likeness (QED) is 0.665. The molecular weight excluding hydrogens is 285 g/mol. The van der Waals surface area contributed by atoms with E-state index in [2.05, 4.69) is 5.32 Å². The Morgan fingerprint density at radius 3 is 2.19 bits per heavy atom. The van der Waals surface area contributed by atoms with Crippen LogP contribution in [0.1, 0.15) is 41.0 Å². The summed E-state index contributed by atoms with van der Waals surface area (Å²) in [5, 5.41) is 3.03. The molecule has 0 aliphatic carbocycles. The van der Waals surface area contributed by atoms with Crippen molar-refractivity contribution in [2.75, 3.05) is 26.2 Å². The Labute approximate surface area is 125 Å². The van der Waals surface area contributed by atoms with Crippen LogP contribution in [-0.2, 0) is 9.53 Å². The number of nitrogens with one attached hydrogen (secondary N) is 1. The van der Waals surface area contributed by atoms with Crippen LogP contribution in [0.25, 0.3) is 0 Å². The van der Waals surface area contributed by atoms with E-state index in [1.165, 1.54) is 4.90 Å². The van der Waals surface area contributed by atoms with E-state index >= 15 is 0 Å². The Bertz CT molecular complexity index is 322. The Kier molecular flexibility index (Phi) is 8.25. The van der Waals surface area contributed by atoms with Crippen molar-refractivity contribution in [1.82, 2.24) is 10.2 Å². The topological polar surface area (TPSA) is 41.6 Å². The molecule has 0 aromatic carbocycles. The summed E-state index contributed by atoms with van der Waals surface area (Å²) in [4.78, 5) is 13.4. The van der Waals surface area contributed by atoms with Crippen LogP contribution in [0.4, 0.5) is 13.2 Å². The number of ether oxygens (including phenoxy) is 1. The lowest BCUT2D eigenvalue weighted by Crippen LogP contribution is -2.60. The van der Waals surface area contributed by atoms with Crippen molar-refractivity contribution in [3.63, 3.8) is 0 Å². The third kappa shape index (κ3) is 8.26. The molecule has 1 atom stereocenters. The van der Waals surface area contributed by atoms with Gasteiger partial charge < -0.3 is 4.74 Å². The van der Waals surface area contributed by atoms with Gasteiger partial charge in [-0.2, -0.15) is 13.2 Å². The smallest absolute Gasteiger partial charge is 0.401 e. The molecule has 0 bridgehead atoms. The summed E-state index contributed by atoms with van der Waals surface area (Å²) in [6.07, 6.45) is -3.71. The first-order valence-corrected chi connectivity index (χ1v) is 7.28. The number of alkyl halides is 3. The van der Waals surface area contributed by atoms with Crippen molar-refractivity contribution in [1.29, 1.82) is 0 Å². The molecule has 0 aromatic rings. The van der Waals surface area contributed by atoms with E-state index in [0.717, 1.165) is 0 Å². The highest BCUT2D eigenvalue weighted by Crippen LogP contribution is 2.19. The van der Waals surface area contributed by atoms with Crippen molar-refractivity contribution in [2.45, 2.75) is 58.8 Å². The monoisotopic (exact) mass is 312 g/mol. The molecule has 4 nitrogen and oxygen atoms in total. The second kappa shape index (κ2) is 8.58. The summed E-state index contributed by atoms with van der Waals surface area (Å²) in [5.74, 6) is -0.526. The molecule has 0 spiro atoms. The highest BCUT2D eigenvalue weighted by atomic mass is 19.4. The lowest BCUT2D eigenvalue weighted by molar-refractivity contribution is -0.159. The third-order valence-corrected chi connectivity index (χ3v) is 2.82. The molecule has 0 saturated heterocycles. The normalized spacial score (nSPS) is 15.3. The minimum atomic E-state index is -4.29. The second-order valence-corrected chi connectivity index (χ2v) is 5.68. The first-order chi connectivity index (χ1) is 9.54. The summed E-state index contributed by atoms with van der Waals surface area (Å²) in [6.45, 7) is 8.14. The number of carbonyl (C=O) groups excluding carboxylic acids is 1. The number of rotatable bonds is 9. The molecule has 0 amide bonds. The SMILES string of the molecule is CCCN(CC(F)(F)F)CC(C)(NC(C)C)C(=O)OCC. The maximum absolute atomic E-state index is 12.6. The van der Waals surface area contributed by atoms with Gasteiger partial charge in [0.05, 0.1) is 13.2 Å². The van der Waals surface area contributed by atoms with Crippen LogP contribution < -0.4 is 5.32 Å². The fourth-order valence-electron chi connectivity index (χ4n) is 2.33. The molecule has 0 heterocycles. The van der Waals surface area contributed by atoms with Gasteiger partial charge in [0, 0.05) is 12.6 Å². The lowest BCUT2D eigenvalue weighted by Gasteiger charge is -2.36. The van der Waals surface area contributed by atoms with Gasteiger partial charge in [0.2, 0.25) is 0 Å². The van der Waals surface area contributed by atoms with Crippen LogP contribution >= 0.6 is 0 Å². The number of esters is 1. The van der Waals surface area contributed by atoms with E-state index in [1.54, 1.807) is 20.8 Å². The number of hydrogen-bond donors (Lipinski definition) is 1. The zero-order valence-corrected chi connectivity index (χ0v) is 13.5. The first kappa shape index (κ1) is 20.2. The van der Waals surface area contributed by atoms with Crippen molar-refractivity contribution in [3.8, 4) is 0 Å². The average molecular weight is 312 g/mol.